The molecular formula is C26H28N2O3. The number of carbonyl (C=O) groups is 1. The van der Waals surface area contributed by atoms with Crippen LogP contribution in [0.5, 0.6) is 5.75 Å². The molecule has 0 spiro atoms. The molecule has 5 nitrogen and oxygen atoms in total. The van der Waals surface area contributed by atoms with Crippen molar-refractivity contribution in [2.24, 2.45) is 0 Å². The second-order valence-electron chi connectivity index (χ2n) is 7.64. The van der Waals surface area contributed by atoms with Gasteiger partial charge < -0.3 is 14.8 Å². The van der Waals surface area contributed by atoms with Crippen molar-refractivity contribution in [3.8, 4) is 5.75 Å². The predicted octanol–water partition coefficient (Wildman–Crippen LogP) is 4.03. The van der Waals surface area contributed by atoms with Gasteiger partial charge in [-0.2, -0.15) is 0 Å². The Labute approximate surface area is 183 Å². The summed E-state index contributed by atoms with van der Waals surface area (Å²) in [6, 6.07) is 25.6. The summed E-state index contributed by atoms with van der Waals surface area (Å²) in [6.45, 7) is 5.28. The molecule has 0 aromatic heterocycles. The summed E-state index contributed by atoms with van der Waals surface area (Å²) in [4.78, 5) is 15.1. The van der Waals surface area contributed by atoms with E-state index in [1.54, 1.807) is 6.07 Å². The fraction of sp³-hybridized carbons (Fsp3) is 0.269. The van der Waals surface area contributed by atoms with E-state index in [0.717, 1.165) is 44.0 Å². The third-order valence-corrected chi connectivity index (χ3v) is 5.40. The maximum absolute atomic E-state index is 12.8. The Balaban J connectivity index is 1.34. The standard InChI is InChI=1S/C26H28N2O3/c29-26(22-11-6-12-25(17-22)31-20-21-7-2-1-3-8-21)27-18-23-9-4-5-10-24(23)19-28-13-15-30-16-14-28/h1-12,17H,13-16,18-20H2,(H,27,29). The Hall–Kier alpha value is -3.15. The number of benzene rings is 3. The third-order valence-electron chi connectivity index (χ3n) is 5.40. The highest BCUT2D eigenvalue weighted by Gasteiger charge is 2.13. The molecule has 160 valence electrons. The van der Waals surface area contributed by atoms with Gasteiger partial charge in [-0.05, 0) is 34.9 Å². The monoisotopic (exact) mass is 416 g/mol. The van der Waals surface area contributed by atoms with Crippen LogP contribution in [0.25, 0.3) is 0 Å². The van der Waals surface area contributed by atoms with Gasteiger partial charge in [0.2, 0.25) is 0 Å². The number of carbonyl (C=O) groups excluding carboxylic acids is 1. The number of nitrogens with zero attached hydrogens (tertiary/aromatic N) is 1. The van der Waals surface area contributed by atoms with E-state index in [0.29, 0.717) is 24.5 Å². The van der Waals surface area contributed by atoms with Crippen molar-refractivity contribution in [1.29, 1.82) is 0 Å². The van der Waals surface area contributed by atoms with E-state index in [4.69, 9.17) is 9.47 Å². The molecule has 1 aliphatic heterocycles. The summed E-state index contributed by atoms with van der Waals surface area (Å²) in [5.74, 6) is 0.579. The minimum absolute atomic E-state index is 0.105. The van der Waals surface area contributed by atoms with Crippen LogP contribution in [0.15, 0.2) is 78.9 Å². The molecule has 0 aliphatic carbocycles. The van der Waals surface area contributed by atoms with Crippen LogP contribution in [0.4, 0.5) is 0 Å². The maximum Gasteiger partial charge on any atom is 0.251 e. The molecule has 0 radical (unpaired) electrons. The maximum atomic E-state index is 12.8. The van der Waals surface area contributed by atoms with Crippen LogP contribution >= 0.6 is 0 Å². The summed E-state index contributed by atoms with van der Waals surface area (Å²) in [6.07, 6.45) is 0. The van der Waals surface area contributed by atoms with Crippen molar-refractivity contribution in [2.45, 2.75) is 19.7 Å². The first-order valence-corrected chi connectivity index (χ1v) is 10.7. The fourth-order valence-electron chi connectivity index (χ4n) is 3.63. The second-order valence-corrected chi connectivity index (χ2v) is 7.64. The van der Waals surface area contributed by atoms with Crippen molar-refractivity contribution in [1.82, 2.24) is 10.2 Å². The Morgan fingerprint density at radius 2 is 1.65 bits per heavy atom. The molecule has 1 heterocycles. The van der Waals surface area contributed by atoms with Gasteiger partial charge in [0, 0.05) is 31.7 Å². The molecule has 31 heavy (non-hydrogen) atoms. The molecule has 1 amide bonds. The first kappa shape index (κ1) is 21.1. The van der Waals surface area contributed by atoms with Gasteiger partial charge in [-0.15, -0.1) is 0 Å². The zero-order valence-electron chi connectivity index (χ0n) is 17.6. The van der Waals surface area contributed by atoms with Crippen molar-refractivity contribution >= 4 is 5.91 Å². The molecule has 1 saturated heterocycles. The Morgan fingerprint density at radius 3 is 2.45 bits per heavy atom. The van der Waals surface area contributed by atoms with Crippen LogP contribution in [0.2, 0.25) is 0 Å². The van der Waals surface area contributed by atoms with Crippen LogP contribution < -0.4 is 10.1 Å². The van der Waals surface area contributed by atoms with E-state index in [1.165, 1.54) is 5.56 Å². The lowest BCUT2D eigenvalue weighted by Gasteiger charge is -2.27. The molecule has 3 aromatic carbocycles. The minimum Gasteiger partial charge on any atom is -0.489 e. The average molecular weight is 417 g/mol. The molecule has 4 rings (SSSR count). The number of hydrogen-bond donors (Lipinski definition) is 1. The number of rotatable bonds is 8. The van der Waals surface area contributed by atoms with Crippen molar-refractivity contribution in [3.63, 3.8) is 0 Å². The summed E-state index contributed by atoms with van der Waals surface area (Å²) in [5.41, 5.74) is 4.06. The molecule has 0 unspecified atom stereocenters. The van der Waals surface area contributed by atoms with Crippen LogP contribution in [-0.2, 0) is 24.4 Å². The molecule has 5 heteroatoms. The molecular weight excluding hydrogens is 388 g/mol. The highest BCUT2D eigenvalue weighted by molar-refractivity contribution is 5.94. The largest absolute Gasteiger partial charge is 0.489 e. The number of ether oxygens (including phenoxy) is 2. The molecule has 0 bridgehead atoms. The Morgan fingerprint density at radius 1 is 0.903 bits per heavy atom. The van der Waals surface area contributed by atoms with Crippen molar-refractivity contribution < 1.29 is 14.3 Å². The quantitative estimate of drug-likeness (QED) is 0.602. The van der Waals surface area contributed by atoms with Crippen LogP contribution in [0.1, 0.15) is 27.0 Å². The van der Waals surface area contributed by atoms with Gasteiger partial charge >= 0.3 is 0 Å². The molecule has 1 N–H and O–H groups in total. The smallest absolute Gasteiger partial charge is 0.251 e. The lowest BCUT2D eigenvalue weighted by Crippen LogP contribution is -2.36. The van der Waals surface area contributed by atoms with Gasteiger partial charge in [-0.1, -0.05) is 60.7 Å². The first-order chi connectivity index (χ1) is 15.3. The lowest BCUT2D eigenvalue weighted by atomic mass is 10.1. The number of morpholine rings is 1. The second kappa shape index (κ2) is 10.8. The number of nitrogens with one attached hydrogen (secondary N) is 1. The van der Waals surface area contributed by atoms with Gasteiger partial charge in [0.15, 0.2) is 0 Å². The van der Waals surface area contributed by atoms with Crippen LogP contribution in [-0.4, -0.2) is 37.1 Å². The highest BCUT2D eigenvalue weighted by Crippen LogP contribution is 2.17. The van der Waals surface area contributed by atoms with E-state index >= 15 is 0 Å². The molecule has 1 fully saturated rings. The Bertz CT molecular complexity index is 985. The number of amides is 1. The normalized spacial score (nSPS) is 14.2. The summed E-state index contributed by atoms with van der Waals surface area (Å²) in [7, 11) is 0. The van der Waals surface area contributed by atoms with Crippen molar-refractivity contribution in [3.05, 3.63) is 101 Å². The predicted molar refractivity (Wildman–Crippen MR) is 121 cm³/mol. The van der Waals surface area contributed by atoms with Gasteiger partial charge in [0.05, 0.1) is 13.2 Å². The summed E-state index contributed by atoms with van der Waals surface area (Å²) < 4.78 is 11.3. The van der Waals surface area contributed by atoms with Crippen LogP contribution in [0, 0.1) is 0 Å². The SMILES string of the molecule is O=C(NCc1ccccc1CN1CCOCC1)c1cccc(OCc2ccccc2)c1. The zero-order chi connectivity index (χ0) is 21.3. The molecule has 3 aromatic rings. The average Bonchev–Trinajstić information content (AvgIpc) is 2.83. The van der Waals surface area contributed by atoms with E-state index < -0.39 is 0 Å². The molecule has 0 saturated carbocycles. The molecule has 1 aliphatic rings. The topological polar surface area (TPSA) is 50.8 Å². The van der Waals surface area contributed by atoms with E-state index in [9.17, 15) is 4.79 Å². The van der Waals surface area contributed by atoms with E-state index in [1.807, 2.05) is 54.6 Å². The summed E-state index contributed by atoms with van der Waals surface area (Å²) in [5, 5.41) is 3.06. The summed E-state index contributed by atoms with van der Waals surface area (Å²) >= 11 is 0. The van der Waals surface area contributed by atoms with Gasteiger partial charge in [0.25, 0.3) is 5.91 Å². The van der Waals surface area contributed by atoms with E-state index in [2.05, 4.69) is 28.4 Å². The zero-order valence-corrected chi connectivity index (χ0v) is 17.6. The Kier molecular flexibility index (Phi) is 7.32. The van der Waals surface area contributed by atoms with Gasteiger partial charge in [0.1, 0.15) is 12.4 Å². The number of hydrogen-bond acceptors (Lipinski definition) is 4. The minimum atomic E-state index is -0.105. The van der Waals surface area contributed by atoms with Crippen molar-refractivity contribution in [2.75, 3.05) is 26.3 Å². The fourth-order valence-corrected chi connectivity index (χ4v) is 3.63. The third kappa shape index (κ3) is 6.17. The first-order valence-electron chi connectivity index (χ1n) is 10.7. The van der Waals surface area contributed by atoms with Gasteiger partial charge in [-0.3, -0.25) is 9.69 Å². The lowest BCUT2D eigenvalue weighted by molar-refractivity contribution is 0.0340. The molecule has 0 atom stereocenters. The van der Waals surface area contributed by atoms with Gasteiger partial charge in [-0.25, -0.2) is 0 Å². The van der Waals surface area contributed by atoms with E-state index in [-0.39, 0.29) is 5.91 Å². The van der Waals surface area contributed by atoms with Crippen LogP contribution in [0.3, 0.4) is 0 Å². The highest BCUT2D eigenvalue weighted by atomic mass is 16.5.